The average Bonchev–Trinajstić information content (AvgIpc) is 2.15. The molecule has 4 saturated carbocycles. The summed E-state index contributed by atoms with van der Waals surface area (Å²) in [7, 11) is 0. The lowest BCUT2D eigenvalue weighted by Gasteiger charge is -2.51. The molecule has 14 heavy (non-hydrogen) atoms. The van der Waals surface area contributed by atoms with Crippen molar-refractivity contribution in [2.24, 2.45) is 23.7 Å². The Morgan fingerprint density at radius 1 is 1.00 bits per heavy atom. The molecule has 0 aromatic carbocycles. The predicted octanol–water partition coefficient (Wildman–Crippen LogP) is 4.17. The lowest BCUT2D eigenvalue weighted by Crippen LogP contribution is -2.40. The Labute approximate surface area is 87.8 Å². The van der Waals surface area contributed by atoms with E-state index >= 15 is 0 Å². The molecule has 4 bridgehead atoms. The standard InChI is InChI=1S/C14H22/c1-2-3-4-14-12-6-10-5-11(8-12)9-13(14)7-10/h4,10-13H,2-3,5-9H2,1H3. The zero-order chi connectivity index (χ0) is 9.54. The van der Waals surface area contributed by atoms with Crippen LogP contribution >= 0.6 is 0 Å². The molecule has 0 unspecified atom stereocenters. The third-order valence-electron chi connectivity index (χ3n) is 4.75. The smallest absolute Gasteiger partial charge is 0.0195 e. The topological polar surface area (TPSA) is 0 Å². The fraction of sp³-hybridized carbons (Fsp3) is 0.857. The Morgan fingerprint density at radius 3 is 2.07 bits per heavy atom. The van der Waals surface area contributed by atoms with Crippen molar-refractivity contribution < 1.29 is 0 Å². The summed E-state index contributed by atoms with van der Waals surface area (Å²) in [6, 6.07) is 0. The van der Waals surface area contributed by atoms with Gasteiger partial charge < -0.3 is 0 Å². The maximum atomic E-state index is 2.60. The summed E-state index contributed by atoms with van der Waals surface area (Å²) in [5.41, 5.74) is 1.89. The van der Waals surface area contributed by atoms with Crippen molar-refractivity contribution in [3.05, 3.63) is 11.6 Å². The van der Waals surface area contributed by atoms with Gasteiger partial charge in [-0.3, -0.25) is 0 Å². The summed E-state index contributed by atoms with van der Waals surface area (Å²) in [5.74, 6) is 4.29. The van der Waals surface area contributed by atoms with Crippen LogP contribution in [-0.4, -0.2) is 0 Å². The molecule has 4 fully saturated rings. The largest absolute Gasteiger partial charge is 0.0848 e. The number of hydrogen-bond donors (Lipinski definition) is 0. The molecule has 0 nitrogen and oxygen atoms in total. The third-order valence-corrected chi connectivity index (χ3v) is 4.75. The molecular formula is C14H22. The molecular weight excluding hydrogens is 168 g/mol. The van der Waals surface area contributed by atoms with E-state index < -0.39 is 0 Å². The van der Waals surface area contributed by atoms with Gasteiger partial charge in [-0.2, -0.15) is 0 Å². The molecule has 4 aliphatic carbocycles. The highest BCUT2D eigenvalue weighted by Gasteiger charge is 2.44. The van der Waals surface area contributed by atoms with Crippen LogP contribution in [0, 0.1) is 23.7 Å². The Balaban J connectivity index is 1.81. The van der Waals surface area contributed by atoms with Crippen molar-refractivity contribution in [1.82, 2.24) is 0 Å². The monoisotopic (exact) mass is 190 g/mol. The van der Waals surface area contributed by atoms with Gasteiger partial charge in [0.05, 0.1) is 0 Å². The number of unbranched alkanes of at least 4 members (excludes halogenated alkanes) is 1. The summed E-state index contributed by atoms with van der Waals surface area (Å²) >= 11 is 0. The second kappa shape index (κ2) is 3.40. The van der Waals surface area contributed by atoms with Gasteiger partial charge in [0.15, 0.2) is 0 Å². The van der Waals surface area contributed by atoms with E-state index in [1.54, 1.807) is 32.1 Å². The molecule has 0 saturated heterocycles. The molecule has 78 valence electrons. The number of hydrogen-bond acceptors (Lipinski definition) is 0. The van der Waals surface area contributed by atoms with Gasteiger partial charge in [-0.05, 0) is 62.2 Å². The van der Waals surface area contributed by atoms with Gasteiger partial charge in [-0.1, -0.05) is 25.0 Å². The van der Waals surface area contributed by atoms with Crippen LogP contribution < -0.4 is 0 Å². The first kappa shape index (κ1) is 9.00. The van der Waals surface area contributed by atoms with E-state index in [2.05, 4.69) is 13.0 Å². The summed E-state index contributed by atoms with van der Waals surface area (Å²) < 4.78 is 0. The van der Waals surface area contributed by atoms with Gasteiger partial charge >= 0.3 is 0 Å². The van der Waals surface area contributed by atoms with Crippen LogP contribution in [0.2, 0.25) is 0 Å². The van der Waals surface area contributed by atoms with Crippen LogP contribution in [0.25, 0.3) is 0 Å². The van der Waals surface area contributed by atoms with Gasteiger partial charge in [0.1, 0.15) is 0 Å². The maximum absolute atomic E-state index is 2.60. The molecule has 0 aromatic rings. The van der Waals surface area contributed by atoms with E-state index in [0.717, 1.165) is 23.7 Å². The second-order valence-corrected chi connectivity index (χ2v) is 5.80. The molecule has 0 spiro atoms. The van der Waals surface area contributed by atoms with Gasteiger partial charge in [0, 0.05) is 0 Å². The lowest BCUT2D eigenvalue weighted by molar-refractivity contribution is 0.0692. The minimum atomic E-state index is 1.03. The summed E-state index contributed by atoms with van der Waals surface area (Å²) in [5, 5.41) is 0. The van der Waals surface area contributed by atoms with E-state index in [1.165, 1.54) is 12.8 Å². The first-order valence-corrected chi connectivity index (χ1v) is 6.56. The molecule has 4 aliphatic rings. The van der Waals surface area contributed by atoms with Crippen molar-refractivity contribution in [2.75, 3.05) is 0 Å². The van der Waals surface area contributed by atoms with Crippen molar-refractivity contribution in [1.29, 1.82) is 0 Å². The van der Waals surface area contributed by atoms with Crippen molar-refractivity contribution in [3.8, 4) is 0 Å². The Hall–Kier alpha value is -0.260. The molecule has 0 N–H and O–H groups in total. The van der Waals surface area contributed by atoms with Crippen LogP contribution in [0.3, 0.4) is 0 Å². The highest BCUT2D eigenvalue weighted by Crippen LogP contribution is 2.56. The fourth-order valence-corrected chi connectivity index (χ4v) is 4.37. The van der Waals surface area contributed by atoms with Gasteiger partial charge in [0.25, 0.3) is 0 Å². The van der Waals surface area contributed by atoms with Crippen molar-refractivity contribution >= 4 is 0 Å². The molecule has 0 heterocycles. The van der Waals surface area contributed by atoms with Crippen molar-refractivity contribution in [3.63, 3.8) is 0 Å². The van der Waals surface area contributed by atoms with Crippen LogP contribution in [0.15, 0.2) is 11.6 Å². The molecule has 0 atom stereocenters. The van der Waals surface area contributed by atoms with E-state index in [-0.39, 0.29) is 0 Å². The van der Waals surface area contributed by atoms with Crippen LogP contribution in [0.5, 0.6) is 0 Å². The average molecular weight is 190 g/mol. The number of rotatable bonds is 2. The van der Waals surface area contributed by atoms with Crippen molar-refractivity contribution in [2.45, 2.75) is 51.9 Å². The summed E-state index contributed by atoms with van der Waals surface area (Å²) in [6.07, 6.45) is 13.0. The Kier molecular flexibility index (Phi) is 2.18. The van der Waals surface area contributed by atoms with E-state index in [9.17, 15) is 0 Å². The predicted molar refractivity (Wildman–Crippen MR) is 60.0 cm³/mol. The third kappa shape index (κ3) is 1.34. The molecule has 0 heteroatoms. The first-order valence-electron chi connectivity index (χ1n) is 6.56. The Bertz CT molecular complexity index is 219. The molecule has 0 radical (unpaired) electrons. The minimum Gasteiger partial charge on any atom is -0.0848 e. The van der Waals surface area contributed by atoms with E-state index in [4.69, 9.17) is 0 Å². The molecule has 0 amide bonds. The molecule has 0 aliphatic heterocycles. The quantitative estimate of drug-likeness (QED) is 0.573. The number of allylic oxidation sites excluding steroid dienone is 2. The highest BCUT2D eigenvalue weighted by molar-refractivity contribution is 5.20. The second-order valence-electron chi connectivity index (χ2n) is 5.80. The van der Waals surface area contributed by atoms with Crippen LogP contribution in [-0.2, 0) is 0 Å². The first-order chi connectivity index (χ1) is 6.86. The fourth-order valence-electron chi connectivity index (χ4n) is 4.37. The zero-order valence-corrected chi connectivity index (χ0v) is 9.34. The minimum absolute atomic E-state index is 1.03. The normalized spacial score (nSPS) is 44.5. The SMILES string of the molecule is CCCC=C1C2CC3CC(C2)CC1C3. The zero-order valence-electron chi connectivity index (χ0n) is 9.34. The van der Waals surface area contributed by atoms with Gasteiger partial charge in [-0.15, -0.1) is 0 Å². The van der Waals surface area contributed by atoms with Gasteiger partial charge in [-0.25, -0.2) is 0 Å². The highest BCUT2D eigenvalue weighted by atomic mass is 14.5. The van der Waals surface area contributed by atoms with Crippen LogP contribution in [0.1, 0.15) is 51.9 Å². The van der Waals surface area contributed by atoms with Gasteiger partial charge in [0.2, 0.25) is 0 Å². The Morgan fingerprint density at radius 2 is 1.57 bits per heavy atom. The lowest BCUT2D eigenvalue weighted by atomic mass is 9.54. The van der Waals surface area contributed by atoms with E-state index in [1.807, 2.05) is 5.57 Å². The molecule has 4 rings (SSSR count). The molecule has 0 aromatic heterocycles. The summed E-state index contributed by atoms with van der Waals surface area (Å²) in [4.78, 5) is 0. The maximum Gasteiger partial charge on any atom is -0.0195 e. The van der Waals surface area contributed by atoms with Crippen LogP contribution in [0.4, 0.5) is 0 Å². The summed E-state index contributed by atoms with van der Waals surface area (Å²) in [6.45, 7) is 2.30. The van der Waals surface area contributed by atoms with E-state index in [0.29, 0.717) is 0 Å².